The molecule has 0 radical (unpaired) electrons. The van der Waals surface area contributed by atoms with Gasteiger partial charge in [-0.2, -0.15) is 13.2 Å². The van der Waals surface area contributed by atoms with E-state index in [0.717, 1.165) is 6.07 Å². The predicted octanol–water partition coefficient (Wildman–Crippen LogP) is 3.58. The molecule has 1 N–H and O–H groups in total. The quantitative estimate of drug-likeness (QED) is 0.739. The topological polar surface area (TPSA) is 67.6 Å². The van der Waals surface area contributed by atoms with Gasteiger partial charge in [-0.15, -0.1) is 0 Å². The molecule has 0 aliphatic carbocycles. The number of aromatic nitrogens is 2. The summed E-state index contributed by atoms with van der Waals surface area (Å²) < 4.78 is 48.0. The van der Waals surface area contributed by atoms with Gasteiger partial charge in [0.25, 0.3) is 0 Å². The highest BCUT2D eigenvalue weighted by Crippen LogP contribution is 2.37. The highest BCUT2D eigenvalue weighted by Gasteiger charge is 2.35. The Bertz CT molecular complexity index is 1040. The number of hydrogen-bond donors (Lipinski definition) is 1. The molecule has 0 saturated carbocycles. The number of imidazole rings is 1. The zero-order valence-corrected chi connectivity index (χ0v) is 14.6. The average Bonchev–Trinajstić information content (AvgIpc) is 3.11. The molecule has 146 valence electrons. The number of fused-ring (bicyclic) bond motifs is 1. The molecule has 0 unspecified atom stereocenters. The molecule has 1 aliphatic rings. The van der Waals surface area contributed by atoms with Crippen molar-refractivity contribution in [1.82, 2.24) is 9.55 Å². The Morgan fingerprint density at radius 3 is 2.57 bits per heavy atom. The Kier molecular flexibility index (Phi) is 4.46. The van der Waals surface area contributed by atoms with Crippen molar-refractivity contribution in [3.05, 3.63) is 53.9 Å². The summed E-state index contributed by atoms with van der Waals surface area (Å²) in [6.45, 7) is 1.97. The minimum Gasteiger partial charge on any atom is -0.478 e. The van der Waals surface area contributed by atoms with Crippen molar-refractivity contribution in [3.63, 3.8) is 0 Å². The zero-order chi connectivity index (χ0) is 19.9. The van der Waals surface area contributed by atoms with Gasteiger partial charge in [-0.1, -0.05) is 6.07 Å². The standard InChI is InChI=1S/C19H16F3N3O3/c20-19(21,22)14-10-12(24-6-8-28-9-7-24)4-5-15(14)25-11-23-17-13(18(26)27)2-1-3-16(17)25/h1-5,10-11H,6-9H2,(H,26,27). The predicted molar refractivity (Wildman–Crippen MR) is 96.1 cm³/mol. The van der Waals surface area contributed by atoms with Crippen LogP contribution >= 0.6 is 0 Å². The van der Waals surface area contributed by atoms with E-state index in [2.05, 4.69) is 4.98 Å². The first-order chi connectivity index (χ1) is 13.4. The number of hydrogen-bond acceptors (Lipinski definition) is 4. The summed E-state index contributed by atoms with van der Waals surface area (Å²) in [6, 6.07) is 8.54. The first-order valence-electron chi connectivity index (χ1n) is 8.60. The fourth-order valence-electron chi connectivity index (χ4n) is 3.38. The lowest BCUT2D eigenvalue weighted by molar-refractivity contribution is -0.137. The second-order valence-electron chi connectivity index (χ2n) is 6.39. The highest BCUT2D eigenvalue weighted by atomic mass is 19.4. The molecule has 4 rings (SSSR count). The van der Waals surface area contributed by atoms with Crippen molar-refractivity contribution in [3.8, 4) is 5.69 Å². The van der Waals surface area contributed by atoms with Gasteiger partial charge in [0.2, 0.25) is 0 Å². The maximum atomic E-state index is 13.8. The first kappa shape index (κ1) is 18.3. The van der Waals surface area contributed by atoms with Gasteiger partial charge in [-0.05, 0) is 30.3 Å². The van der Waals surface area contributed by atoms with Gasteiger partial charge in [-0.25, -0.2) is 9.78 Å². The van der Waals surface area contributed by atoms with Crippen LogP contribution in [0, 0.1) is 0 Å². The summed E-state index contributed by atoms with van der Waals surface area (Å²) in [5, 5.41) is 9.28. The van der Waals surface area contributed by atoms with Crippen LogP contribution in [-0.4, -0.2) is 46.9 Å². The summed E-state index contributed by atoms with van der Waals surface area (Å²) in [5.41, 5.74) is -0.0688. The van der Waals surface area contributed by atoms with E-state index in [0.29, 0.717) is 37.5 Å². The second kappa shape index (κ2) is 6.83. The van der Waals surface area contributed by atoms with E-state index in [-0.39, 0.29) is 16.8 Å². The minimum atomic E-state index is -4.58. The second-order valence-corrected chi connectivity index (χ2v) is 6.39. The van der Waals surface area contributed by atoms with Crippen LogP contribution in [0.1, 0.15) is 15.9 Å². The van der Waals surface area contributed by atoms with E-state index in [1.165, 1.54) is 29.1 Å². The van der Waals surface area contributed by atoms with E-state index in [1.807, 2.05) is 4.90 Å². The van der Waals surface area contributed by atoms with Crippen LogP contribution in [0.15, 0.2) is 42.7 Å². The van der Waals surface area contributed by atoms with Crippen LogP contribution in [0.5, 0.6) is 0 Å². The molecule has 0 spiro atoms. The van der Waals surface area contributed by atoms with Crippen LogP contribution < -0.4 is 4.90 Å². The molecule has 1 fully saturated rings. The SMILES string of the molecule is O=C(O)c1cccc2c1ncn2-c1ccc(N2CCOCC2)cc1C(F)(F)F. The monoisotopic (exact) mass is 391 g/mol. The molecule has 28 heavy (non-hydrogen) atoms. The Labute approximate surface area is 157 Å². The van der Waals surface area contributed by atoms with Crippen LogP contribution in [0.25, 0.3) is 16.7 Å². The van der Waals surface area contributed by atoms with Crippen molar-refractivity contribution in [2.45, 2.75) is 6.18 Å². The molecule has 3 aromatic rings. The normalized spacial score (nSPS) is 15.2. The summed E-state index contributed by atoms with van der Waals surface area (Å²) in [5.74, 6) is -1.19. The number of carboxylic acids is 1. The molecule has 0 bridgehead atoms. The Morgan fingerprint density at radius 2 is 1.89 bits per heavy atom. The van der Waals surface area contributed by atoms with Crippen LogP contribution in [-0.2, 0) is 10.9 Å². The van der Waals surface area contributed by atoms with Crippen LogP contribution in [0.3, 0.4) is 0 Å². The van der Waals surface area contributed by atoms with E-state index in [4.69, 9.17) is 4.74 Å². The lowest BCUT2D eigenvalue weighted by Crippen LogP contribution is -2.36. The maximum Gasteiger partial charge on any atom is 0.418 e. The third-order valence-corrected chi connectivity index (χ3v) is 4.73. The third-order valence-electron chi connectivity index (χ3n) is 4.73. The molecule has 2 aromatic carbocycles. The van der Waals surface area contributed by atoms with E-state index >= 15 is 0 Å². The molecular weight excluding hydrogens is 375 g/mol. The summed E-state index contributed by atoms with van der Waals surface area (Å²) in [4.78, 5) is 17.2. The zero-order valence-electron chi connectivity index (χ0n) is 14.6. The summed E-state index contributed by atoms with van der Waals surface area (Å²) >= 11 is 0. The number of anilines is 1. The number of aromatic carboxylic acids is 1. The number of carbonyl (C=O) groups is 1. The van der Waals surface area contributed by atoms with Crippen molar-refractivity contribution in [1.29, 1.82) is 0 Å². The number of benzene rings is 2. The number of ether oxygens (including phenoxy) is 1. The van der Waals surface area contributed by atoms with Crippen LogP contribution in [0.2, 0.25) is 0 Å². The molecule has 1 aromatic heterocycles. The van der Waals surface area contributed by atoms with Gasteiger partial charge in [0.1, 0.15) is 11.8 Å². The van der Waals surface area contributed by atoms with Crippen molar-refractivity contribution in [2.24, 2.45) is 0 Å². The molecule has 2 heterocycles. The summed E-state index contributed by atoms with van der Waals surface area (Å²) in [6.07, 6.45) is -3.37. The van der Waals surface area contributed by atoms with E-state index < -0.39 is 17.7 Å². The molecule has 0 amide bonds. The molecular formula is C19H16F3N3O3. The number of morpholine rings is 1. The molecule has 1 aliphatic heterocycles. The smallest absolute Gasteiger partial charge is 0.418 e. The summed E-state index contributed by atoms with van der Waals surface area (Å²) in [7, 11) is 0. The van der Waals surface area contributed by atoms with Gasteiger partial charge in [0.05, 0.1) is 35.5 Å². The lowest BCUT2D eigenvalue weighted by Gasteiger charge is -2.29. The number of para-hydroxylation sites is 1. The highest BCUT2D eigenvalue weighted by molar-refractivity contribution is 6.01. The van der Waals surface area contributed by atoms with Gasteiger partial charge >= 0.3 is 12.1 Å². The van der Waals surface area contributed by atoms with E-state index in [9.17, 15) is 23.1 Å². The average molecular weight is 391 g/mol. The fraction of sp³-hybridized carbons (Fsp3) is 0.263. The number of carboxylic acid groups (broad SMARTS) is 1. The van der Waals surface area contributed by atoms with Crippen molar-refractivity contribution >= 4 is 22.7 Å². The van der Waals surface area contributed by atoms with Crippen molar-refractivity contribution < 1.29 is 27.8 Å². The van der Waals surface area contributed by atoms with Gasteiger partial charge in [0, 0.05) is 18.8 Å². The first-order valence-corrected chi connectivity index (χ1v) is 8.60. The van der Waals surface area contributed by atoms with E-state index in [1.54, 1.807) is 12.1 Å². The number of nitrogens with zero attached hydrogens (tertiary/aromatic N) is 3. The van der Waals surface area contributed by atoms with Gasteiger partial charge in [-0.3, -0.25) is 4.57 Å². The fourth-order valence-corrected chi connectivity index (χ4v) is 3.38. The van der Waals surface area contributed by atoms with Crippen molar-refractivity contribution in [2.75, 3.05) is 31.2 Å². The Balaban J connectivity index is 1.87. The number of halogens is 3. The molecule has 1 saturated heterocycles. The molecule has 6 nitrogen and oxygen atoms in total. The number of alkyl halides is 3. The minimum absolute atomic E-state index is 0.0604. The maximum absolute atomic E-state index is 13.8. The van der Waals surface area contributed by atoms with Crippen LogP contribution in [0.4, 0.5) is 18.9 Å². The largest absolute Gasteiger partial charge is 0.478 e. The third kappa shape index (κ3) is 3.18. The Hall–Kier alpha value is -3.07. The van der Waals surface area contributed by atoms with Gasteiger partial charge < -0.3 is 14.7 Å². The number of rotatable bonds is 3. The molecule has 9 heteroatoms. The lowest BCUT2D eigenvalue weighted by atomic mass is 10.1. The Morgan fingerprint density at radius 1 is 1.14 bits per heavy atom. The molecule has 0 atom stereocenters. The van der Waals surface area contributed by atoms with Gasteiger partial charge in [0.15, 0.2) is 0 Å².